The Morgan fingerprint density at radius 3 is 2.60 bits per heavy atom. The summed E-state index contributed by atoms with van der Waals surface area (Å²) in [6, 6.07) is 4.32. The molecule has 2 aliphatic rings. The molecule has 106 valence electrons. The van der Waals surface area contributed by atoms with Crippen LogP contribution in [0.4, 0.5) is 5.69 Å². The van der Waals surface area contributed by atoms with E-state index in [-0.39, 0.29) is 22.2 Å². The number of nitrogens with zero attached hydrogens (tertiary/aromatic N) is 2. The molecule has 1 aromatic rings. The predicted octanol–water partition coefficient (Wildman–Crippen LogP) is 1.54. The van der Waals surface area contributed by atoms with Crippen LogP contribution in [0.3, 0.4) is 0 Å². The van der Waals surface area contributed by atoms with Crippen molar-refractivity contribution in [2.75, 3.05) is 26.2 Å². The lowest BCUT2D eigenvalue weighted by atomic mass is 10.0. The maximum absolute atomic E-state index is 12.5. The normalized spacial score (nSPS) is 24.8. The number of carbonyl (C=O) groups excluding carboxylic acids is 1. The summed E-state index contributed by atoms with van der Waals surface area (Å²) >= 11 is 6.00. The van der Waals surface area contributed by atoms with Crippen LogP contribution >= 0.6 is 11.6 Å². The maximum atomic E-state index is 12.5. The third-order valence-corrected chi connectivity index (χ3v) is 4.39. The second-order valence-corrected chi connectivity index (χ2v) is 5.69. The molecule has 1 aromatic carbocycles. The molecule has 0 aromatic heterocycles. The van der Waals surface area contributed by atoms with Crippen molar-refractivity contribution in [3.63, 3.8) is 0 Å². The van der Waals surface area contributed by atoms with E-state index in [4.69, 9.17) is 11.6 Å². The Balaban J connectivity index is 1.90. The number of fused-ring (bicyclic) bond motifs is 1. The zero-order chi connectivity index (χ0) is 14.3. The summed E-state index contributed by atoms with van der Waals surface area (Å²) < 4.78 is 0. The molecule has 2 atom stereocenters. The number of rotatable bonds is 2. The summed E-state index contributed by atoms with van der Waals surface area (Å²) in [5, 5.41) is 14.5. The molecule has 0 bridgehead atoms. The SMILES string of the molecule is O=C(c1c(Cl)cccc1[N+](=O)[O-])N1C[C@H]2CNC[C@H]2C1. The van der Waals surface area contributed by atoms with Crippen molar-refractivity contribution in [2.24, 2.45) is 11.8 Å². The van der Waals surface area contributed by atoms with Crippen LogP contribution in [0.5, 0.6) is 0 Å². The number of likely N-dealkylation sites (tertiary alicyclic amines) is 1. The van der Waals surface area contributed by atoms with Crippen molar-refractivity contribution in [3.8, 4) is 0 Å². The number of nitro benzene ring substituents is 1. The molecule has 2 saturated heterocycles. The van der Waals surface area contributed by atoms with E-state index in [0.717, 1.165) is 13.1 Å². The van der Waals surface area contributed by atoms with Crippen molar-refractivity contribution in [3.05, 3.63) is 38.9 Å². The molecule has 2 fully saturated rings. The highest BCUT2D eigenvalue weighted by Crippen LogP contribution is 2.32. The van der Waals surface area contributed by atoms with E-state index in [9.17, 15) is 14.9 Å². The number of benzene rings is 1. The fourth-order valence-corrected chi connectivity index (χ4v) is 3.31. The highest BCUT2D eigenvalue weighted by molar-refractivity contribution is 6.34. The first kappa shape index (κ1) is 13.3. The van der Waals surface area contributed by atoms with Gasteiger partial charge in [0.05, 0.1) is 9.95 Å². The molecule has 1 N–H and O–H groups in total. The smallest absolute Gasteiger partial charge is 0.283 e. The largest absolute Gasteiger partial charge is 0.338 e. The molecule has 1 amide bonds. The maximum Gasteiger partial charge on any atom is 0.283 e. The van der Waals surface area contributed by atoms with Crippen molar-refractivity contribution >= 4 is 23.2 Å². The third kappa shape index (κ3) is 2.14. The van der Waals surface area contributed by atoms with Gasteiger partial charge in [-0.05, 0) is 17.9 Å². The second-order valence-electron chi connectivity index (χ2n) is 5.28. The highest BCUT2D eigenvalue weighted by Gasteiger charge is 2.40. The van der Waals surface area contributed by atoms with Gasteiger partial charge in [0, 0.05) is 32.2 Å². The Morgan fingerprint density at radius 1 is 1.35 bits per heavy atom. The monoisotopic (exact) mass is 295 g/mol. The molecule has 2 aliphatic heterocycles. The summed E-state index contributed by atoms with van der Waals surface area (Å²) in [5.74, 6) is 0.553. The van der Waals surface area contributed by atoms with Gasteiger partial charge in [0.2, 0.25) is 0 Å². The molecular weight excluding hydrogens is 282 g/mol. The van der Waals surface area contributed by atoms with E-state index < -0.39 is 4.92 Å². The first-order chi connectivity index (χ1) is 9.58. The molecular formula is C13H14ClN3O3. The first-order valence-corrected chi connectivity index (χ1v) is 6.88. The van der Waals surface area contributed by atoms with Crippen LogP contribution in [-0.2, 0) is 0 Å². The molecule has 2 heterocycles. The summed E-state index contributed by atoms with van der Waals surface area (Å²) in [5.41, 5.74) is -0.218. The van der Waals surface area contributed by atoms with Crippen LogP contribution < -0.4 is 5.32 Å². The number of amides is 1. The Labute approximate surface area is 120 Å². The Hall–Kier alpha value is -1.66. The summed E-state index contributed by atoms with van der Waals surface area (Å²) in [4.78, 5) is 24.7. The minimum absolute atomic E-state index is 0.00657. The lowest BCUT2D eigenvalue weighted by Gasteiger charge is -2.18. The van der Waals surface area contributed by atoms with E-state index in [1.165, 1.54) is 18.2 Å². The van der Waals surface area contributed by atoms with Crippen LogP contribution in [0.2, 0.25) is 5.02 Å². The third-order valence-electron chi connectivity index (χ3n) is 4.08. The quantitative estimate of drug-likeness (QED) is 0.663. The zero-order valence-corrected chi connectivity index (χ0v) is 11.5. The van der Waals surface area contributed by atoms with Gasteiger partial charge >= 0.3 is 0 Å². The van der Waals surface area contributed by atoms with E-state index in [2.05, 4.69) is 5.32 Å². The minimum Gasteiger partial charge on any atom is -0.338 e. The molecule has 0 unspecified atom stereocenters. The summed E-state index contributed by atoms with van der Waals surface area (Å²) in [6.45, 7) is 3.08. The first-order valence-electron chi connectivity index (χ1n) is 6.51. The molecule has 7 heteroatoms. The fourth-order valence-electron chi connectivity index (χ4n) is 3.06. The van der Waals surface area contributed by atoms with Crippen molar-refractivity contribution in [1.82, 2.24) is 10.2 Å². The molecule has 0 radical (unpaired) electrons. The summed E-state index contributed by atoms with van der Waals surface area (Å²) in [6.07, 6.45) is 0. The van der Waals surface area contributed by atoms with Crippen LogP contribution in [-0.4, -0.2) is 41.9 Å². The average Bonchev–Trinajstić information content (AvgIpc) is 2.98. The van der Waals surface area contributed by atoms with Gasteiger partial charge in [-0.25, -0.2) is 0 Å². The predicted molar refractivity (Wildman–Crippen MR) is 73.9 cm³/mol. The number of nitrogens with one attached hydrogen (secondary N) is 1. The number of halogens is 1. The highest BCUT2D eigenvalue weighted by atomic mass is 35.5. The molecule has 0 aliphatic carbocycles. The lowest BCUT2D eigenvalue weighted by molar-refractivity contribution is -0.385. The average molecular weight is 296 g/mol. The number of nitro groups is 1. The summed E-state index contributed by atoms with van der Waals surface area (Å²) in [7, 11) is 0. The fraction of sp³-hybridized carbons (Fsp3) is 0.462. The minimum atomic E-state index is -0.558. The van der Waals surface area contributed by atoms with Crippen LogP contribution in [0.25, 0.3) is 0 Å². The number of hydrogen-bond acceptors (Lipinski definition) is 4. The van der Waals surface area contributed by atoms with Crippen molar-refractivity contribution < 1.29 is 9.72 Å². The Morgan fingerprint density at radius 2 is 2.00 bits per heavy atom. The molecule has 20 heavy (non-hydrogen) atoms. The van der Waals surface area contributed by atoms with Gasteiger partial charge in [0.15, 0.2) is 0 Å². The molecule has 3 rings (SSSR count). The van der Waals surface area contributed by atoms with Gasteiger partial charge in [-0.2, -0.15) is 0 Å². The standard InChI is InChI=1S/C13H14ClN3O3/c14-10-2-1-3-11(17(19)20)12(10)13(18)16-6-8-4-15-5-9(8)7-16/h1-3,8-9,15H,4-7H2/t8-,9+. The van der Waals surface area contributed by atoms with Gasteiger partial charge < -0.3 is 10.2 Å². The zero-order valence-electron chi connectivity index (χ0n) is 10.7. The van der Waals surface area contributed by atoms with Crippen LogP contribution in [0, 0.1) is 22.0 Å². The molecule has 6 nitrogen and oxygen atoms in total. The Kier molecular flexibility index (Phi) is 3.35. The van der Waals surface area contributed by atoms with Crippen LogP contribution in [0.15, 0.2) is 18.2 Å². The second kappa shape index (κ2) is 5.03. The van der Waals surface area contributed by atoms with E-state index in [1.807, 2.05) is 0 Å². The molecule has 0 saturated carbocycles. The van der Waals surface area contributed by atoms with Gasteiger partial charge in [-0.15, -0.1) is 0 Å². The lowest BCUT2D eigenvalue weighted by Crippen LogP contribution is -2.32. The van der Waals surface area contributed by atoms with E-state index >= 15 is 0 Å². The van der Waals surface area contributed by atoms with Gasteiger partial charge in [-0.3, -0.25) is 14.9 Å². The van der Waals surface area contributed by atoms with E-state index in [1.54, 1.807) is 4.90 Å². The number of hydrogen-bond donors (Lipinski definition) is 1. The number of carbonyl (C=O) groups is 1. The Bertz CT molecular complexity index is 566. The topological polar surface area (TPSA) is 75.5 Å². The van der Waals surface area contributed by atoms with Crippen molar-refractivity contribution in [2.45, 2.75) is 0 Å². The van der Waals surface area contributed by atoms with Gasteiger partial charge in [0.1, 0.15) is 5.56 Å². The van der Waals surface area contributed by atoms with Gasteiger partial charge in [-0.1, -0.05) is 17.7 Å². The van der Waals surface area contributed by atoms with Gasteiger partial charge in [0.25, 0.3) is 11.6 Å². The van der Waals surface area contributed by atoms with Crippen LogP contribution in [0.1, 0.15) is 10.4 Å². The van der Waals surface area contributed by atoms with Crippen molar-refractivity contribution in [1.29, 1.82) is 0 Å². The van der Waals surface area contributed by atoms with E-state index in [0.29, 0.717) is 24.9 Å². The molecule has 0 spiro atoms.